The molecular formula is C16H18F3NO3. The van der Waals surface area contributed by atoms with Gasteiger partial charge in [0.2, 0.25) is 5.91 Å². The lowest BCUT2D eigenvalue weighted by Crippen LogP contribution is -2.40. The molecule has 1 amide bonds. The molecule has 23 heavy (non-hydrogen) atoms. The lowest BCUT2D eigenvalue weighted by Gasteiger charge is -2.24. The SMILES string of the molecule is CC(CC(=O)N1CCCC1C(=O)O)c1ccccc1C(F)(F)F. The number of likely N-dealkylation sites (tertiary alicyclic amines) is 1. The van der Waals surface area contributed by atoms with Gasteiger partial charge in [0.05, 0.1) is 5.56 Å². The van der Waals surface area contributed by atoms with Gasteiger partial charge in [-0.05, 0) is 30.4 Å². The quantitative estimate of drug-likeness (QED) is 0.922. The van der Waals surface area contributed by atoms with Crippen LogP contribution in [0.3, 0.4) is 0 Å². The second kappa shape index (κ2) is 6.60. The maximum absolute atomic E-state index is 13.0. The van der Waals surface area contributed by atoms with E-state index in [0.717, 1.165) is 6.07 Å². The number of amides is 1. The fraction of sp³-hybridized carbons (Fsp3) is 0.500. The van der Waals surface area contributed by atoms with Crippen molar-refractivity contribution in [1.82, 2.24) is 4.90 Å². The first-order valence-corrected chi connectivity index (χ1v) is 7.40. The molecule has 7 heteroatoms. The highest BCUT2D eigenvalue weighted by atomic mass is 19.4. The molecule has 2 atom stereocenters. The van der Waals surface area contributed by atoms with E-state index in [2.05, 4.69) is 0 Å². The number of aliphatic carboxylic acids is 1. The van der Waals surface area contributed by atoms with E-state index in [9.17, 15) is 22.8 Å². The van der Waals surface area contributed by atoms with Crippen molar-refractivity contribution in [3.63, 3.8) is 0 Å². The average molecular weight is 329 g/mol. The van der Waals surface area contributed by atoms with Crippen LogP contribution >= 0.6 is 0 Å². The lowest BCUT2D eigenvalue weighted by molar-refractivity contribution is -0.148. The molecule has 1 N–H and O–H groups in total. The summed E-state index contributed by atoms with van der Waals surface area (Å²) in [6.45, 7) is 1.89. The van der Waals surface area contributed by atoms with Crippen molar-refractivity contribution >= 4 is 11.9 Å². The molecule has 1 aromatic rings. The van der Waals surface area contributed by atoms with Crippen LogP contribution < -0.4 is 0 Å². The second-order valence-electron chi connectivity index (χ2n) is 5.77. The zero-order chi connectivity index (χ0) is 17.2. The number of carboxylic acids is 1. The summed E-state index contributed by atoms with van der Waals surface area (Å²) in [5.74, 6) is -2.13. The van der Waals surface area contributed by atoms with Crippen molar-refractivity contribution in [1.29, 1.82) is 0 Å². The molecule has 1 saturated heterocycles. The summed E-state index contributed by atoms with van der Waals surface area (Å²) < 4.78 is 39.1. The molecule has 0 radical (unpaired) electrons. The van der Waals surface area contributed by atoms with Crippen molar-refractivity contribution < 1.29 is 27.9 Å². The molecular weight excluding hydrogens is 311 g/mol. The number of hydrogen-bond acceptors (Lipinski definition) is 2. The maximum atomic E-state index is 13.0. The van der Waals surface area contributed by atoms with Gasteiger partial charge in [0.15, 0.2) is 0 Å². The first-order chi connectivity index (χ1) is 10.7. The van der Waals surface area contributed by atoms with Gasteiger partial charge in [-0.25, -0.2) is 4.79 Å². The van der Waals surface area contributed by atoms with Crippen LogP contribution in [0.4, 0.5) is 13.2 Å². The highest BCUT2D eigenvalue weighted by molar-refractivity contribution is 5.84. The smallest absolute Gasteiger partial charge is 0.416 e. The predicted octanol–water partition coefficient (Wildman–Crippen LogP) is 3.27. The Morgan fingerprint density at radius 3 is 2.61 bits per heavy atom. The van der Waals surface area contributed by atoms with Gasteiger partial charge in [-0.3, -0.25) is 4.79 Å². The van der Waals surface area contributed by atoms with Gasteiger partial charge >= 0.3 is 12.1 Å². The van der Waals surface area contributed by atoms with Crippen LogP contribution in [0.2, 0.25) is 0 Å². The number of benzene rings is 1. The van der Waals surface area contributed by atoms with E-state index in [1.165, 1.54) is 23.1 Å². The van der Waals surface area contributed by atoms with Gasteiger partial charge in [0, 0.05) is 13.0 Å². The van der Waals surface area contributed by atoms with Crippen molar-refractivity contribution in [3.05, 3.63) is 35.4 Å². The Morgan fingerprint density at radius 2 is 2.00 bits per heavy atom. The molecule has 4 nitrogen and oxygen atoms in total. The van der Waals surface area contributed by atoms with Crippen molar-refractivity contribution in [2.75, 3.05) is 6.54 Å². The van der Waals surface area contributed by atoms with E-state index in [0.29, 0.717) is 19.4 Å². The standard InChI is InChI=1S/C16H18F3NO3/c1-10(11-5-2-3-6-12(11)16(17,18)19)9-14(21)20-8-4-7-13(20)15(22)23/h2-3,5-6,10,13H,4,7-9H2,1H3,(H,22,23). The molecule has 1 aliphatic heterocycles. The third-order valence-corrected chi connectivity index (χ3v) is 4.14. The zero-order valence-electron chi connectivity index (χ0n) is 12.6. The first-order valence-electron chi connectivity index (χ1n) is 7.40. The molecule has 1 aromatic carbocycles. The number of nitrogens with zero attached hydrogens (tertiary/aromatic N) is 1. The van der Waals surface area contributed by atoms with Gasteiger partial charge in [0.25, 0.3) is 0 Å². The Kier molecular flexibility index (Phi) is 4.97. The Labute approximate surface area is 131 Å². The number of carboxylic acid groups (broad SMARTS) is 1. The van der Waals surface area contributed by atoms with E-state index in [4.69, 9.17) is 5.11 Å². The lowest BCUT2D eigenvalue weighted by atomic mass is 9.92. The topological polar surface area (TPSA) is 57.6 Å². The molecule has 0 aliphatic carbocycles. The van der Waals surface area contributed by atoms with E-state index in [1.807, 2.05) is 0 Å². The summed E-state index contributed by atoms with van der Waals surface area (Å²) in [7, 11) is 0. The summed E-state index contributed by atoms with van der Waals surface area (Å²) >= 11 is 0. The highest BCUT2D eigenvalue weighted by Gasteiger charge is 2.37. The zero-order valence-corrected chi connectivity index (χ0v) is 12.6. The minimum atomic E-state index is -4.48. The normalized spacial score (nSPS) is 19.7. The number of carbonyl (C=O) groups is 2. The minimum Gasteiger partial charge on any atom is -0.480 e. The van der Waals surface area contributed by atoms with E-state index >= 15 is 0 Å². The van der Waals surface area contributed by atoms with Gasteiger partial charge in [0.1, 0.15) is 6.04 Å². The van der Waals surface area contributed by atoms with Crippen LogP contribution in [-0.2, 0) is 15.8 Å². The monoisotopic (exact) mass is 329 g/mol. The fourth-order valence-electron chi connectivity index (χ4n) is 3.00. The van der Waals surface area contributed by atoms with Gasteiger partial charge < -0.3 is 10.0 Å². The summed E-state index contributed by atoms with van der Waals surface area (Å²) in [5, 5.41) is 9.09. The van der Waals surface area contributed by atoms with Gasteiger partial charge in [-0.1, -0.05) is 25.1 Å². The van der Waals surface area contributed by atoms with Crippen LogP contribution in [0.1, 0.15) is 43.2 Å². The summed E-state index contributed by atoms with van der Waals surface area (Å²) in [6.07, 6.45) is -3.65. The molecule has 2 unspecified atom stereocenters. The fourth-order valence-corrected chi connectivity index (χ4v) is 3.00. The van der Waals surface area contributed by atoms with Gasteiger partial charge in [-0.15, -0.1) is 0 Å². The van der Waals surface area contributed by atoms with E-state index < -0.39 is 35.6 Å². The molecule has 1 fully saturated rings. The summed E-state index contributed by atoms with van der Waals surface area (Å²) in [5.41, 5.74) is -0.698. The molecule has 0 aromatic heterocycles. The Balaban J connectivity index is 2.15. The van der Waals surface area contributed by atoms with Crippen LogP contribution in [-0.4, -0.2) is 34.5 Å². The Bertz CT molecular complexity index is 600. The molecule has 0 saturated carbocycles. The number of halogens is 3. The molecule has 0 spiro atoms. The highest BCUT2D eigenvalue weighted by Crippen LogP contribution is 2.36. The van der Waals surface area contributed by atoms with Gasteiger partial charge in [-0.2, -0.15) is 13.2 Å². The third kappa shape index (κ3) is 3.83. The number of carbonyl (C=O) groups excluding carboxylic acids is 1. The van der Waals surface area contributed by atoms with E-state index in [-0.39, 0.29) is 12.0 Å². The summed E-state index contributed by atoms with van der Waals surface area (Å²) in [4.78, 5) is 24.7. The van der Waals surface area contributed by atoms with Crippen molar-refractivity contribution in [3.8, 4) is 0 Å². The molecule has 126 valence electrons. The second-order valence-corrected chi connectivity index (χ2v) is 5.77. The van der Waals surface area contributed by atoms with Crippen molar-refractivity contribution in [2.45, 2.75) is 44.3 Å². The Hall–Kier alpha value is -2.05. The van der Waals surface area contributed by atoms with Crippen LogP contribution in [0.15, 0.2) is 24.3 Å². The Morgan fingerprint density at radius 1 is 1.35 bits per heavy atom. The molecule has 1 heterocycles. The maximum Gasteiger partial charge on any atom is 0.416 e. The third-order valence-electron chi connectivity index (χ3n) is 4.14. The van der Waals surface area contributed by atoms with E-state index in [1.54, 1.807) is 6.92 Å². The molecule has 1 aliphatic rings. The first kappa shape index (κ1) is 17.3. The predicted molar refractivity (Wildman–Crippen MR) is 76.8 cm³/mol. The van der Waals surface area contributed by atoms with Crippen LogP contribution in [0.5, 0.6) is 0 Å². The largest absolute Gasteiger partial charge is 0.480 e. The molecule has 2 rings (SSSR count). The van der Waals surface area contributed by atoms with Crippen molar-refractivity contribution in [2.24, 2.45) is 0 Å². The van der Waals surface area contributed by atoms with Crippen LogP contribution in [0.25, 0.3) is 0 Å². The number of hydrogen-bond donors (Lipinski definition) is 1. The average Bonchev–Trinajstić information content (AvgIpc) is 2.96. The van der Waals surface area contributed by atoms with Crippen LogP contribution in [0, 0.1) is 0 Å². The minimum absolute atomic E-state index is 0.0550. The molecule has 0 bridgehead atoms. The number of alkyl halides is 3. The summed E-state index contributed by atoms with van der Waals surface area (Å²) in [6, 6.07) is 4.29. The number of rotatable bonds is 4.